The summed E-state index contributed by atoms with van der Waals surface area (Å²) in [6.07, 6.45) is 7.47. The van der Waals surface area contributed by atoms with E-state index in [0.717, 1.165) is 22.9 Å². The van der Waals surface area contributed by atoms with Crippen LogP contribution in [0.2, 0.25) is 0 Å². The molecule has 0 radical (unpaired) electrons. The molecule has 1 N–H and O–H groups in total. The van der Waals surface area contributed by atoms with Gasteiger partial charge in [0.05, 0.1) is 5.60 Å². The molecule has 0 aromatic heterocycles. The zero-order valence-corrected chi connectivity index (χ0v) is 12.0. The van der Waals surface area contributed by atoms with Crippen molar-refractivity contribution in [1.29, 1.82) is 0 Å². The molecule has 1 aromatic rings. The highest BCUT2D eigenvalue weighted by Crippen LogP contribution is 2.38. The number of hydrogen-bond donors (Lipinski definition) is 1. The van der Waals surface area contributed by atoms with Gasteiger partial charge in [-0.2, -0.15) is 0 Å². The van der Waals surface area contributed by atoms with Gasteiger partial charge in [-0.05, 0) is 43.4 Å². The number of halogens is 1. The standard InChI is InChI=1S/C15H21BrO/c1-15(17,12-7-4-2-3-5-8-12)13-9-6-10-14(16)11-13/h6,9-12,17H,2-5,7-8H2,1H3. The van der Waals surface area contributed by atoms with E-state index in [-0.39, 0.29) is 0 Å². The minimum absolute atomic E-state index is 0.402. The summed E-state index contributed by atoms with van der Waals surface area (Å²) in [7, 11) is 0. The van der Waals surface area contributed by atoms with Gasteiger partial charge < -0.3 is 5.11 Å². The Balaban J connectivity index is 2.21. The van der Waals surface area contributed by atoms with Crippen LogP contribution in [0, 0.1) is 5.92 Å². The van der Waals surface area contributed by atoms with Crippen LogP contribution in [0.1, 0.15) is 51.0 Å². The van der Waals surface area contributed by atoms with Crippen molar-refractivity contribution in [2.75, 3.05) is 0 Å². The average molecular weight is 297 g/mol. The lowest BCUT2D eigenvalue weighted by molar-refractivity contribution is -0.0126. The summed E-state index contributed by atoms with van der Waals surface area (Å²) in [5.74, 6) is 0.402. The van der Waals surface area contributed by atoms with Gasteiger partial charge in [0.15, 0.2) is 0 Å². The van der Waals surface area contributed by atoms with Crippen molar-refractivity contribution in [1.82, 2.24) is 0 Å². The van der Waals surface area contributed by atoms with Crippen LogP contribution in [0.15, 0.2) is 28.7 Å². The van der Waals surface area contributed by atoms with Crippen LogP contribution >= 0.6 is 15.9 Å². The molecule has 1 aliphatic carbocycles. The third-order valence-electron chi connectivity index (χ3n) is 4.06. The van der Waals surface area contributed by atoms with Crippen LogP contribution < -0.4 is 0 Å². The molecule has 1 nitrogen and oxygen atoms in total. The zero-order valence-electron chi connectivity index (χ0n) is 10.5. The van der Waals surface area contributed by atoms with Crippen LogP contribution in [0.25, 0.3) is 0 Å². The Labute approximate surface area is 112 Å². The summed E-state index contributed by atoms with van der Waals surface area (Å²) in [6.45, 7) is 1.98. The van der Waals surface area contributed by atoms with Crippen LogP contribution in [-0.2, 0) is 5.60 Å². The monoisotopic (exact) mass is 296 g/mol. The van der Waals surface area contributed by atoms with Crippen LogP contribution in [0.4, 0.5) is 0 Å². The Bertz CT molecular complexity index is 365. The first-order valence-corrected chi connectivity index (χ1v) is 7.38. The first-order valence-electron chi connectivity index (χ1n) is 6.59. The molecule has 94 valence electrons. The Morgan fingerprint density at radius 1 is 1.18 bits per heavy atom. The Morgan fingerprint density at radius 3 is 2.41 bits per heavy atom. The zero-order chi connectivity index (χ0) is 12.3. The molecule has 0 amide bonds. The number of hydrogen-bond acceptors (Lipinski definition) is 1. The molecule has 0 aliphatic heterocycles. The molecule has 1 aliphatic rings. The summed E-state index contributed by atoms with van der Waals surface area (Å²) in [5, 5.41) is 10.8. The van der Waals surface area contributed by atoms with Crippen molar-refractivity contribution in [2.24, 2.45) is 5.92 Å². The lowest BCUT2D eigenvalue weighted by Gasteiger charge is -2.33. The molecule has 1 unspecified atom stereocenters. The smallest absolute Gasteiger partial charge is 0.0896 e. The molecule has 0 spiro atoms. The molecule has 1 atom stereocenters. The van der Waals surface area contributed by atoms with E-state index in [4.69, 9.17) is 0 Å². The summed E-state index contributed by atoms with van der Waals surface area (Å²) < 4.78 is 1.05. The summed E-state index contributed by atoms with van der Waals surface area (Å²) in [4.78, 5) is 0. The van der Waals surface area contributed by atoms with E-state index in [1.807, 2.05) is 31.2 Å². The molecule has 2 rings (SSSR count). The van der Waals surface area contributed by atoms with E-state index in [9.17, 15) is 5.11 Å². The number of benzene rings is 1. The van der Waals surface area contributed by atoms with Crippen molar-refractivity contribution in [2.45, 2.75) is 51.0 Å². The molecule has 1 saturated carbocycles. The topological polar surface area (TPSA) is 20.2 Å². The highest BCUT2D eigenvalue weighted by atomic mass is 79.9. The second kappa shape index (κ2) is 5.53. The van der Waals surface area contributed by atoms with Gasteiger partial charge in [-0.3, -0.25) is 0 Å². The van der Waals surface area contributed by atoms with Gasteiger partial charge >= 0.3 is 0 Å². The highest BCUT2D eigenvalue weighted by Gasteiger charge is 2.33. The van der Waals surface area contributed by atoms with Crippen molar-refractivity contribution < 1.29 is 5.11 Å². The van der Waals surface area contributed by atoms with Gasteiger partial charge in [0.25, 0.3) is 0 Å². The van der Waals surface area contributed by atoms with Crippen molar-refractivity contribution >= 4 is 15.9 Å². The first-order chi connectivity index (χ1) is 8.10. The SMILES string of the molecule is CC(O)(c1cccc(Br)c1)C1CCCCCC1. The van der Waals surface area contributed by atoms with Crippen molar-refractivity contribution in [3.8, 4) is 0 Å². The predicted molar refractivity (Wildman–Crippen MR) is 74.9 cm³/mol. The van der Waals surface area contributed by atoms with E-state index < -0.39 is 5.60 Å². The summed E-state index contributed by atoms with van der Waals surface area (Å²) >= 11 is 3.48. The molecule has 1 fully saturated rings. The van der Waals surface area contributed by atoms with E-state index >= 15 is 0 Å². The molecule has 1 aromatic carbocycles. The summed E-state index contributed by atoms with van der Waals surface area (Å²) in [5.41, 5.74) is 0.354. The number of aliphatic hydroxyl groups is 1. The van der Waals surface area contributed by atoms with Gasteiger partial charge in [-0.1, -0.05) is 53.7 Å². The minimum atomic E-state index is -0.686. The maximum Gasteiger partial charge on any atom is 0.0896 e. The van der Waals surface area contributed by atoms with Gasteiger partial charge in [0.2, 0.25) is 0 Å². The van der Waals surface area contributed by atoms with Crippen LogP contribution in [-0.4, -0.2) is 5.11 Å². The van der Waals surface area contributed by atoms with E-state index in [2.05, 4.69) is 15.9 Å². The largest absolute Gasteiger partial charge is 0.385 e. The fraction of sp³-hybridized carbons (Fsp3) is 0.600. The molecule has 0 heterocycles. The van der Waals surface area contributed by atoms with Crippen molar-refractivity contribution in [3.05, 3.63) is 34.3 Å². The van der Waals surface area contributed by atoms with Gasteiger partial charge in [-0.25, -0.2) is 0 Å². The first kappa shape index (κ1) is 13.1. The highest BCUT2D eigenvalue weighted by molar-refractivity contribution is 9.10. The normalized spacial score (nSPS) is 21.8. The Kier molecular flexibility index (Phi) is 4.26. The Hall–Kier alpha value is -0.340. The van der Waals surface area contributed by atoms with Gasteiger partial charge in [-0.15, -0.1) is 0 Å². The van der Waals surface area contributed by atoms with Crippen molar-refractivity contribution in [3.63, 3.8) is 0 Å². The fourth-order valence-corrected chi connectivity index (χ4v) is 3.28. The maximum absolute atomic E-state index is 10.8. The average Bonchev–Trinajstić information content (AvgIpc) is 2.58. The van der Waals surface area contributed by atoms with Crippen LogP contribution in [0.3, 0.4) is 0 Å². The lowest BCUT2D eigenvalue weighted by atomic mass is 9.78. The minimum Gasteiger partial charge on any atom is -0.385 e. The van der Waals surface area contributed by atoms with Gasteiger partial charge in [0.1, 0.15) is 0 Å². The Morgan fingerprint density at radius 2 is 1.82 bits per heavy atom. The molecule has 0 bridgehead atoms. The number of rotatable bonds is 2. The second-order valence-electron chi connectivity index (χ2n) is 5.35. The van der Waals surface area contributed by atoms with E-state index in [1.165, 1.54) is 25.7 Å². The van der Waals surface area contributed by atoms with E-state index in [0.29, 0.717) is 5.92 Å². The maximum atomic E-state index is 10.8. The third-order valence-corrected chi connectivity index (χ3v) is 4.55. The molecule has 0 saturated heterocycles. The predicted octanol–water partition coefficient (Wildman–Crippen LogP) is 4.63. The quantitative estimate of drug-likeness (QED) is 0.789. The summed E-state index contributed by atoms with van der Waals surface area (Å²) in [6, 6.07) is 8.10. The third kappa shape index (κ3) is 3.11. The lowest BCUT2D eigenvalue weighted by Crippen LogP contribution is -2.31. The van der Waals surface area contributed by atoms with Crippen LogP contribution in [0.5, 0.6) is 0 Å². The molecular weight excluding hydrogens is 276 g/mol. The fourth-order valence-electron chi connectivity index (χ4n) is 2.88. The van der Waals surface area contributed by atoms with E-state index in [1.54, 1.807) is 0 Å². The molecule has 17 heavy (non-hydrogen) atoms. The molecular formula is C15H21BrO. The molecule has 2 heteroatoms. The van der Waals surface area contributed by atoms with Gasteiger partial charge in [0, 0.05) is 4.47 Å². The second-order valence-corrected chi connectivity index (χ2v) is 6.26.